The van der Waals surface area contributed by atoms with Gasteiger partial charge in [0.25, 0.3) is 0 Å². The predicted octanol–water partition coefficient (Wildman–Crippen LogP) is 4.23. The second-order valence-corrected chi connectivity index (χ2v) is 6.10. The molecular formula is C13H16BrClFN. The fourth-order valence-electron chi connectivity index (χ4n) is 2.19. The zero-order valence-electron chi connectivity index (χ0n) is 9.56. The molecule has 1 nitrogen and oxygen atoms in total. The molecule has 0 saturated heterocycles. The lowest BCUT2D eigenvalue weighted by molar-refractivity contribution is 0.373. The first-order valence-electron chi connectivity index (χ1n) is 5.96. The van der Waals surface area contributed by atoms with E-state index >= 15 is 0 Å². The molecule has 0 heterocycles. The third kappa shape index (κ3) is 3.94. The van der Waals surface area contributed by atoms with Crippen LogP contribution in [0.5, 0.6) is 0 Å². The van der Waals surface area contributed by atoms with Crippen LogP contribution in [-0.2, 0) is 6.54 Å². The molecule has 0 atom stereocenters. The summed E-state index contributed by atoms with van der Waals surface area (Å²) in [6.07, 6.45) is 4.29. The number of rotatable bonds is 3. The Labute approximate surface area is 115 Å². The lowest BCUT2D eigenvalue weighted by atomic mass is 9.95. The molecule has 0 radical (unpaired) electrons. The Morgan fingerprint density at radius 1 is 1.29 bits per heavy atom. The van der Waals surface area contributed by atoms with Gasteiger partial charge in [0.05, 0.1) is 0 Å². The Balaban J connectivity index is 1.87. The largest absolute Gasteiger partial charge is 0.310 e. The molecule has 4 heteroatoms. The zero-order valence-corrected chi connectivity index (χ0v) is 11.9. The maximum atomic E-state index is 13.5. The van der Waals surface area contributed by atoms with E-state index < -0.39 is 0 Å². The van der Waals surface area contributed by atoms with E-state index in [1.165, 1.54) is 6.07 Å². The molecule has 94 valence electrons. The summed E-state index contributed by atoms with van der Waals surface area (Å²) >= 11 is 9.41. The highest BCUT2D eigenvalue weighted by atomic mass is 79.9. The minimum Gasteiger partial charge on any atom is -0.310 e. The minimum atomic E-state index is -0.147. The molecule has 1 saturated carbocycles. The van der Waals surface area contributed by atoms with Crippen molar-refractivity contribution in [2.75, 3.05) is 0 Å². The summed E-state index contributed by atoms with van der Waals surface area (Å²) in [5.41, 5.74) is 0.715. The van der Waals surface area contributed by atoms with Crippen molar-refractivity contribution < 1.29 is 4.39 Å². The van der Waals surface area contributed by atoms with E-state index in [1.54, 1.807) is 6.07 Å². The number of alkyl halides is 1. The van der Waals surface area contributed by atoms with Gasteiger partial charge in [-0.1, -0.05) is 15.9 Å². The van der Waals surface area contributed by atoms with Crippen LogP contribution in [0.3, 0.4) is 0 Å². The summed E-state index contributed by atoms with van der Waals surface area (Å²) in [6, 6.07) is 5.52. The van der Waals surface area contributed by atoms with Crippen LogP contribution < -0.4 is 5.32 Å². The molecule has 0 aromatic heterocycles. The quantitative estimate of drug-likeness (QED) is 0.822. The molecule has 1 N–H and O–H groups in total. The Morgan fingerprint density at radius 3 is 2.71 bits per heavy atom. The van der Waals surface area contributed by atoms with Crippen molar-refractivity contribution in [2.45, 2.75) is 43.6 Å². The summed E-state index contributed by atoms with van der Waals surface area (Å²) in [6.45, 7) is 0.586. The van der Waals surface area contributed by atoms with Gasteiger partial charge < -0.3 is 5.32 Å². The van der Waals surface area contributed by atoms with Crippen molar-refractivity contribution in [2.24, 2.45) is 0 Å². The van der Waals surface area contributed by atoms with Gasteiger partial charge >= 0.3 is 0 Å². The highest BCUT2D eigenvalue weighted by Crippen LogP contribution is 2.23. The molecule has 1 aromatic carbocycles. The van der Waals surface area contributed by atoms with Crippen LogP contribution in [0.15, 0.2) is 22.7 Å². The maximum absolute atomic E-state index is 13.5. The smallest absolute Gasteiger partial charge is 0.127 e. The van der Waals surface area contributed by atoms with Gasteiger partial charge in [-0.25, -0.2) is 4.39 Å². The van der Waals surface area contributed by atoms with Gasteiger partial charge in [-0.15, -0.1) is 11.6 Å². The highest BCUT2D eigenvalue weighted by Gasteiger charge is 2.19. The Kier molecular flexibility index (Phi) is 4.83. The number of hydrogen-bond donors (Lipinski definition) is 1. The third-order valence-corrected chi connectivity index (χ3v) is 4.18. The van der Waals surface area contributed by atoms with Crippen LogP contribution in [-0.4, -0.2) is 11.4 Å². The number of benzene rings is 1. The van der Waals surface area contributed by atoms with E-state index in [-0.39, 0.29) is 5.82 Å². The van der Waals surface area contributed by atoms with Gasteiger partial charge in [0.2, 0.25) is 0 Å². The summed E-state index contributed by atoms with van der Waals surface area (Å²) in [7, 11) is 0. The van der Waals surface area contributed by atoms with Gasteiger partial charge in [-0.05, 0) is 43.9 Å². The second-order valence-electron chi connectivity index (χ2n) is 4.57. The Morgan fingerprint density at radius 2 is 2.00 bits per heavy atom. The summed E-state index contributed by atoms with van der Waals surface area (Å²) in [4.78, 5) is 0. The monoisotopic (exact) mass is 319 g/mol. The van der Waals surface area contributed by atoms with Crippen LogP contribution in [0.2, 0.25) is 0 Å². The highest BCUT2D eigenvalue weighted by molar-refractivity contribution is 9.10. The van der Waals surface area contributed by atoms with Crippen LogP contribution in [0, 0.1) is 5.82 Å². The van der Waals surface area contributed by atoms with Crippen molar-refractivity contribution in [3.63, 3.8) is 0 Å². The SMILES string of the molecule is Fc1ccc(Br)cc1CNC1CCC(Cl)CC1. The maximum Gasteiger partial charge on any atom is 0.127 e. The van der Waals surface area contributed by atoms with Gasteiger partial charge in [-0.3, -0.25) is 0 Å². The predicted molar refractivity (Wildman–Crippen MR) is 72.8 cm³/mol. The van der Waals surface area contributed by atoms with Crippen molar-refractivity contribution >= 4 is 27.5 Å². The van der Waals surface area contributed by atoms with Crippen molar-refractivity contribution in [1.82, 2.24) is 5.32 Å². The van der Waals surface area contributed by atoms with E-state index in [9.17, 15) is 4.39 Å². The fraction of sp³-hybridized carbons (Fsp3) is 0.538. The number of halogens is 3. The van der Waals surface area contributed by atoms with E-state index in [0.29, 0.717) is 23.5 Å². The van der Waals surface area contributed by atoms with Crippen molar-refractivity contribution in [1.29, 1.82) is 0 Å². The van der Waals surface area contributed by atoms with Crippen LogP contribution in [0.1, 0.15) is 31.2 Å². The van der Waals surface area contributed by atoms with Gasteiger partial charge in [-0.2, -0.15) is 0 Å². The first-order chi connectivity index (χ1) is 8.15. The van der Waals surface area contributed by atoms with Crippen molar-refractivity contribution in [3.05, 3.63) is 34.1 Å². The topological polar surface area (TPSA) is 12.0 Å². The molecule has 0 bridgehead atoms. The molecule has 2 rings (SSSR count). The molecule has 0 amide bonds. The van der Waals surface area contributed by atoms with E-state index in [2.05, 4.69) is 21.2 Å². The fourth-order valence-corrected chi connectivity index (χ4v) is 2.85. The summed E-state index contributed by atoms with van der Waals surface area (Å²) in [5.74, 6) is -0.147. The molecule has 1 aliphatic rings. The average molecular weight is 321 g/mol. The van der Waals surface area contributed by atoms with Gasteiger partial charge in [0, 0.05) is 28.0 Å². The van der Waals surface area contributed by atoms with Crippen LogP contribution in [0.4, 0.5) is 4.39 Å². The minimum absolute atomic E-state index is 0.147. The molecule has 1 aliphatic carbocycles. The number of hydrogen-bond acceptors (Lipinski definition) is 1. The zero-order chi connectivity index (χ0) is 12.3. The van der Waals surface area contributed by atoms with Gasteiger partial charge in [0.1, 0.15) is 5.82 Å². The summed E-state index contributed by atoms with van der Waals surface area (Å²) < 4.78 is 14.4. The lowest BCUT2D eigenvalue weighted by Crippen LogP contribution is -2.33. The summed E-state index contributed by atoms with van der Waals surface area (Å²) in [5, 5.41) is 3.74. The van der Waals surface area contributed by atoms with E-state index in [0.717, 1.165) is 30.2 Å². The first-order valence-corrected chi connectivity index (χ1v) is 7.19. The molecule has 0 aliphatic heterocycles. The molecular weight excluding hydrogens is 305 g/mol. The van der Waals surface area contributed by atoms with Crippen molar-refractivity contribution in [3.8, 4) is 0 Å². The van der Waals surface area contributed by atoms with E-state index in [1.807, 2.05) is 6.07 Å². The third-order valence-electron chi connectivity index (χ3n) is 3.25. The molecule has 1 aromatic rings. The Bertz CT molecular complexity index is 378. The average Bonchev–Trinajstić information content (AvgIpc) is 2.32. The Hall–Kier alpha value is -0.120. The molecule has 1 fully saturated rings. The second kappa shape index (κ2) is 6.17. The van der Waals surface area contributed by atoms with Gasteiger partial charge in [0.15, 0.2) is 0 Å². The lowest BCUT2D eigenvalue weighted by Gasteiger charge is -2.26. The van der Waals surface area contributed by atoms with Crippen LogP contribution >= 0.6 is 27.5 Å². The molecule has 0 spiro atoms. The van der Waals surface area contributed by atoms with Crippen LogP contribution in [0.25, 0.3) is 0 Å². The molecule has 17 heavy (non-hydrogen) atoms. The standard InChI is InChI=1S/C13H16BrClFN/c14-10-1-6-13(16)9(7-10)8-17-12-4-2-11(15)3-5-12/h1,6-7,11-12,17H,2-5,8H2. The number of nitrogens with one attached hydrogen (secondary N) is 1. The molecule has 0 unspecified atom stereocenters. The van der Waals surface area contributed by atoms with E-state index in [4.69, 9.17) is 11.6 Å². The normalized spacial score (nSPS) is 24.9. The first kappa shape index (κ1) is 13.3.